The summed E-state index contributed by atoms with van der Waals surface area (Å²) in [6.07, 6.45) is 3.66. The Morgan fingerprint density at radius 2 is 2.02 bits per heavy atom. The van der Waals surface area contributed by atoms with E-state index in [1.165, 1.54) is 12.1 Å². The molecule has 1 amide bonds. The number of aromatic nitrogens is 3. The molecule has 2 aromatic heterocycles. The van der Waals surface area contributed by atoms with Gasteiger partial charge in [0.1, 0.15) is 29.5 Å². The zero-order valence-electron chi connectivity index (χ0n) is 24.4. The summed E-state index contributed by atoms with van der Waals surface area (Å²) in [5.74, 6) is 1.10. The second kappa shape index (κ2) is 10.1. The quantitative estimate of drug-likeness (QED) is 0.271. The number of carbonyl (C=O) groups excluding carboxylic acids is 1. The molecule has 11 heteroatoms. The minimum absolute atomic E-state index is 0.0153. The Kier molecular flexibility index (Phi) is 6.33. The molecule has 0 radical (unpaired) electrons. The molecule has 4 aliphatic rings. The van der Waals surface area contributed by atoms with E-state index in [0.717, 1.165) is 13.0 Å². The molecule has 0 bridgehead atoms. The largest absolute Gasteiger partial charge is 0.462 e. The number of nitrogens with zero attached hydrogens (tertiary/aromatic N) is 6. The third kappa shape index (κ3) is 4.03. The Labute approximate surface area is 258 Å². The van der Waals surface area contributed by atoms with Crippen LogP contribution in [0, 0.1) is 29.4 Å². The molecule has 1 aliphatic carbocycles. The number of hydrogen-bond donors (Lipinski definition) is 0. The molecule has 0 unspecified atom stereocenters. The molecule has 0 N–H and O–H groups in total. The van der Waals surface area contributed by atoms with Crippen LogP contribution in [0.5, 0.6) is 6.01 Å². The van der Waals surface area contributed by atoms with Crippen molar-refractivity contribution in [2.45, 2.75) is 31.5 Å². The van der Waals surface area contributed by atoms with Gasteiger partial charge in [0, 0.05) is 42.8 Å². The molecule has 3 aliphatic heterocycles. The van der Waals surface area contributed by atoms with Gasteiger partial charge in [-0.3, -0.25) is 14.7 Å². The fourth-order valence-corrected chi connectivity index (χ4v) is 8.19. The van der Waals surface area contributed by atoms with E-state index >= 15 is 4.39 Å². The van der Waals surface area contributed by atoms with Gasteiger partial charge in [-0.1, -0.05) is 49.4 Å². The standard InChI is InChI=1S/C33H31ClF2N6O2/c1-4-25(43)41-11-10-22-23(41)14-42(22)32-19-12-37-30(18-7-5-6-17-8-9-21(35)28(34)27(17)18)29(36)31(19)38-33(39-32)44-15-24-26-16(2)20(26)13-40(24)3/h4-9,12,16,20,22-24,26H,1,10-11,13-15H2,2-3H3/t16-,20+,22+,23+,24+,26-/m0/s1. The van der Waals surface area contributed by atoms with Crippen molar-refractivity contribution in [2.75, 3.05) is 38.2 Å². The van der Waals surface area contributed by atoms with E-state index in [-0.39, 0.29) is 46.3 Å². The number of hydrogen-bond acceptors (Lipinski definition) is 7. The number of pyridine rings is 1. The summed E-state index contributed by atoms with van der Waals surface area (Å²) >= 11 is 6.39. The van der Waals surface area contributed by atoms with E-state index in [4.69, 9.17) is 21.3 Å². The second-order valence-electron chi connectivity index (χ2n) is 12.5. The third-order valence-electron chi connectivity index (χ3n) is 10.4. The van der Waals surface area contributed by atoms with E-state index in [1.54, 1.807) is 30.5 Å². The van der Waals surface area contributed by atoms with Crippen molar-refractivity contribution in [1.82, 2.24) is 24.8 Å². The zero-order valence-corrected chi connectivity index (χ0v) is 25.1. The Bertz CT molecular complexity index is 1870. The van der Waals surface area contributed by atoms with Crippen LogP contribution >= 0.6 is 11.6 Å². The van der Waals surface area contributed by atoms with Crippen LogP contribution in [0.1, 0.15) is 13.3 Å². The number of rotatable bonds is 6. The Hall–Kier alpha value is -3.89. The summed E-state index contributed by atoms with van der Waals surface area (Å²) in [4.78, 5) is 32.6. The number of carbonyl (C=O) groups is 1. The van der Waals surface area contributed by atoms with Crippen molar-refractivity contribution >= 4 is 45.0 Å². The fourth-order valence-electron chi connectivity index (χ4n) is 7.92. The number of amides is 1. The second-order valence-corrected chi connectivity index (χ2v) is 12.9. The van der Waals surface area contributed by atoms with E-state index in [9.17, 15) is 9.18 Å². The fraction of sp³-hybridized carbons (Fsp3) is 0.394. The lowest BCUT2D eigenvalue weighted by atomic mass is 9.96. The highest BCUT2D eigenvalue weighted by molar-refractivity contribution is 6.36. The molecule has 4 aromatic rings. The van der Waals surface area contributed by atoms with E-state index in [0.29, 0.717) is 65.0 Å². The van der Waals surface area contributed by atoms with Gasteiger partial charge >= 0.3 is 6.01 Å². The number of likely N-dealkylation sites (tertiary alicyclic amines) is 2. The van der Waals surface area contributed by atoms with Crippen LogP contribution in [-0.2, 0) is 4.79 Å². The first-order valence-corrected chi connectivity index (χ1v) is 15.4. The van der Waals surface area contributed by atoms with Crippen molar-refractivity contribution in [3.8, 4) is 17.3 Å². The number of anilines is 1. The summed E-state index contributed by atoms with van der Waals surface area (Å²) < 4.78 is 37.4. The highest BCUT2D eigenvalue weighted by Gasteiger charge is 2.58. The van der Waals surface area contributed by atoms with Crippen LogP contribution in [0.3, 0.4) is 0 Å². The van der Waals surface area contributed by atoms with Crippen LogP contribution in [0.15, 0.2) is 49.2 Å². The van der Waals surface area contributed by atoms with Crippen LogP contribution in [0.25, 0.3) is 32.9 Å². The van der Waals surface area contributed by atoms with Gasteiger partial charge < -0.3 is 14.5 Å². The topological polar surface area (TPSA) is 74.7 Å². The molecule has 0 spiro atoms. The van der Waals surface area contributed by atoms with E-state index < -0.39 is 11.6 Å². The molecule has 6 atom stereocenters. The first-order valence-electron chi connectivity index (χ1n) is 15.0. The highest BCUT2D eigenvalue weighted by atomic mass is 35.5. The van der Waals surface area contributed by atoms with E-state index in [1.807, 2.05) is 4.90 Å². The van der Waals surface area contributed by atoms with Gasteiger partial charge in [0.25, 0.3) is 0 Å². The maximum absolute atomic E-state index is 16.6. The number of benzene rings is 2. The monoisotopic (exact) mass is 616 g/mol. The molecular formula is C33H31ClF2N6O2. The average molecular weight is 617 g/mol. The zero-order chi connectivity index (χ0) is 30.4. The van der Waals surface area contributed by atoms with Crippen molar-refractivity contribution in [2.24, 2.45) is 17.8 Å². The molecule has 8 rings (SSSR count). The predicted octanol–water partition coefficient (Wildman–Crippen LogP) is 5.33. The lowest BCUT2D eigenvalue weighted by Gasteiger charge is -2.47. The van der Waals surface area contributed by atoms with Gasteiger partial charge in [-0.2, -0.15) is 9.97 Å². The van der Waals surface area contributed by atoms with Crippen molar-refractivity contribution in [3.05, 3.63) is 65.8 Å². The summed E-state index contributed by atoms with van der Waals surface area (Å²) in [5, 5.41) is 1.40. The number of piperidine rings is 1. The maximum atomic E-state index is 16.6. The number of likely N-dealkylation sites (N-methyl/N-ethyl adjacent to an activating group) is 1. The summed E-state index contributed by atoms with van der Waals surface area (Å²) in [5.41, 5.74) is 0.452. The molecule has 4 fully saturated rings. The van der Waals surface area contributed by atoms with Gasteiger partial charge in [-0.25, -0.2) is 8.78 Å². The average Bonchev–Trinajstić information content (AvgIpc) is 3.31. The molecule has 5 heterocycles. The van der Waals surface area contributed by atoms with Crippen LogP contribution in [-0.4, -0.2) is 82.1 Å². The SMILES string of the molecule is C=CC(=O)N1CC[C@@H]2[C@H]1CN2c1nc(OC[C@@H]2[C@H]3[C@@H](C)[C@H]3CN2C)nc2c(F)c(-c3cccc4ccc(F)c(Cl)c34)ncc12. The first-order chi connectivity index (χ1) is 21.3. The lowest BCUT2D eigenvalue weighted by molar-refractivity contribution is -0.127. The molecular weight excluding hydrogens is 586 g/mol. The Morgan fingerprint density at radius 1 is 1.18 bits per heavy atom. The highest BCUT2D eigenvalue weighted by Crippen LogP contribution is 2.54. The Morgan fingerprint density at radius 3 is 2.82 bits per heavy atom. The van der Waals surface area contributed by atoms with E-state index in [2.05, 4.69) is 40.3 Å². The van der Waals surface area contributed by atoms with Crippen LogP contribution in [0.4, 0.5) is 14.6 Å². The van der Waals surface area contributed by atoms with Crippen LogP contribution < -0.4 is 9.64 Å². The first kappa shape index (κ1) is 27.6. The smallest absolute Gasteiger partial charge is 0.319 e. The summed E-state index contributed by atoms with van der Waals surface area (Å²) in [6.45, 7) is 8.52. The number of ether oxygens (including phenoxy) is 1. The molecule has 226 valence electrons. The normalized spacial score (nSPS) is 27.4. The van der Waals surface area contributed by atoms with Gasteiger partial charge in [0.15, 0.2) is 5.82 Å². The molecule has 2 aromatic carbocycles. The molecule has 1 saturated carbocycles. The molecule has 3 saturated heterocycles. The number of fused-ring (bicyclic) bond motifs is 4. The van der Waals surface area contributed by atoms with Crippen molar-refractivity contribution in [1.29, 1.82) is 0 Å². The maximum Gasteiger partial charge on any atom is 0.319 e. The van der Waals surface area contributed by atoms with Crippen molar-refractivity contribution < 1.29 is 18.3 Å². The van der Waals surface area contributed by atoms with Crippen LogP contribution in [0.2, 0.25) is 5.02 Å². The molecule has 44 heavy (non-hydrogen) atoms. The summed E-state index contributed by atoms with van der Waals surface area (Å²) in [6, 6.07) is 8.53. The van der Waals surface area contributed by atoms with Gasteiger partial charge in [-0.15, -0.1) is 0 Å². The van der Waals surface area contributed by atoms with Gasteiger partial charge in [0.2, 0.25) is 5.91 Å². The minimum atomic E-state index is -0.662. The predicted molar refractivity (Wildman–Crippen MR) is 165 cm³/mol. The van der Waals surface area contributed by atoms with Gasteiger partial charge in [0.05, 0.1) is 22.5 Å². The lowest BCUT2D eigenvalue weighted by Crippen LogP contribution is -2.63. The van der Waals surface area contributed by atoms with Gasteiger partial charge in [-0.05, 0) is 48.8 Å². The van der Waals surface area contributed by atoms with Crippen molar-refractivity contribution in [3.63, 3.8) is 0 Å². The Balaban J connectivity index is 1.22. The third-order valence-corrected chi connectivity index (χ3v) is 10.8. The molecule has 8 nitrogen and oxygen atoms in total. The number of halogens is 3. The minimum Gasteiger partial charge on any atom is -0.462 e. The summed E-state index contributed by atoms with van der Waals surface area (Å²) in [7, 11) is 2.10.